The van der Waals surface area contributed by atoms with Crippen molar-refractivity contribution in [2.45, 2.75) is 31.8 Å². The lowest BCUT2D eigenvalue weighted by Gasteiger charge is -2.21. The van der Waals surface area contributed by atoms with Crippen LogP contribution in [0.15, 0.2) is 54.6 Å². The number of hydrogen-bond acceptors (Lipinski definition) is 3. The van der Waals surface area contributed by atoms with Crippen molar-refractivity contribution in [1.82, 2.24) is 10.6 Å². The highest BCUT2D eigenvalue weighted by Crippen LogP contribution is 2.13. The summed E-state index contributed by atoms with van der Waals surface area (Å²) >= 11 is 5.93. The van der Waals surface area contributed by atoms with Crippen molar-refractivity contribution in [3.05, 3.63) is 70.7 Å². The van der Waals surface area contributed by atoms with E-state index in [1.807, 2.05) is 30.3 Å². The Hall–Kier alpha value is -2.86. The van der Waals surface area contributed by atoms with Crippen LogP contribution < -0.4 is 10.6 Å². The average molecular weight is 389 g/mol. The van der Waals surface area contributed by atoms with Crippen LogP contribution in [0.4, 0.5) is 0 Å². The maximum Gasteiger partial charge on any atom is 0.326 e. The summed E-state index contributed by atoms with van der Waals surface area (Å²) in [5.74, 6) is -2.08. The van der Waals surface area contributed by atoms with Crippen LogP contribution in [0.5, 0.6) is 0 Å². The third-order valence-electron chi connectivity index (χ3n) is 3.92. The number of carbonyl (C=O) groups excluding carboxylic acids is 2. The molecular weight excluding hydrogens is 368 g/mol. The number of carboxylic acid groups (broad SMARTS) is 1. The molecular formula is C20H21ClN2O4. The molecule has 0 saturated heterocycles. The van der Waals surface area contributed by atoms with Crippen molar-refractivity contribution in [2.24, 2.45) is 0 Å². The zero-order chi connectivity index (χ0) is 19.8. The SMILES string of the molecule is CC(=O)N[C@@H](Cc1ccccc1)C(=O)N[C@H](Cc1cccc(Cl)c1)C(=O)O. The number of halogens is 1. The summed E-state index contributed by atoms with van der Waals surface area (Å²) in [7, 11) is 0. The van der Waals surface area contributed by atoms with E-state index in [1.54, 1.807) is 24.3 Å². The largest absolute Gasteiger partial charge is 0.480 e. The minimum atomic E-state index is -1.16. The number of rotatable bonds is 8. The molecule has 3 N–H and O–H groups in total. The molecule has 2 aromatic rings. The smallest absolute Gasteiger partial charge is 0.326 e. The predicted molar refractivity (Wildman–Crippen MR) is 102 cm³/mol. The van der Waals surface area contributed by atoms with Crippen molar-refractivity contribution >= 4 is 29.4 Å². The zero-order valence-electron chi connectivity index (χ0n) is 14.8. The molecule has 0 fully saturated rings. The van der Waals surface area contributed by atoms with Gasteiger partial charge in [0, 0.05) is 24.8 Å². The third-order valence-corrected chi connectivity index (χ3v) is 4.16. The molecule has 0 aliphatic carbocycles. The molecule has 0 spiro atoms. The quantitative estimate of drug-likeness (QED) is 0.646. The van der Waals surface area contributed by atoms with Crippen molar-refractivity contribution in [1.29, 1.82) is 0 Å². The molecule has 2 amide bonds. The van der Waals surface area contributed by atoms with E-state index in [1.165, 1.54) is 6.92 Å². The molecule has 0 aliphatic heterocycles. The molecule has 0 saturated carbocycles. The number of aliphatic carboxylic acids is 1. The van der Waals surface area contributed by atoms with Gasteiger partial charge in [0.05, 0.1) is 0 Å². The van der Waals surface area contributed by atoms with E-state index < -0.39 is 24.0 Å². The topological polar surface area (TPSA) is 95.5 Å². The van der Waals surface area contributed by atoms with Crippen LogP contribution in [-0.4, -0.2) is 35.0 Å². The first-order valence-electron chi connectivity index (χ1n) is 8.44. The number of hydrogen-bond donors (Lipinski definition) is 3. The number of benzene rings is 2. The Kier molecular flexibility index (Phi) is 7.37. The van der Waals surface area contributed by atoms with Crippen LogP contribution in [0.2, 0.25) is 5.02 Å². The number of nitrogens with one attached hydrogen (secondary N) is 2. The fourth-order valence-electron chi connectivity index (χ4n) is 2.68. The van der Waals surface area contributed by atoms with Crippen molar-refractivity contribution in [3.8, 4) is 0 Å². The fourth-order valence-corrected chi connectivity index (χ4v) is 2.89. The minimum Gasteiger partial charge on any atom is -0.480 e. The lowest BCUT2D eigenvalue weighted by Crippen LogP contribution is -2.52. The molecule has 7 heteroatoms. The van der Waals surface area contributed by atoms with Gasteiger partial charge in [-0.3, -0.25) is 9.59 Å². The molecule has 2 atom stereocenters. The van der Waals surface area contributed by atoms with Crippen molar-refractivity contribution < 1.29 is 19.5 Å². The third kappa shape index (κ3) is 6.75. The van der Waals surface area contributed by atoms with Crippen LogP contribution in [0.3, 0.4) is 0 Å². The van der Waals surface area contributed by atoms with E-state index in [-0.39, 0.29) is 18.7 Å². The molecule has 0 unspecified atom stereocenters. The second-order valence-electron chi connectivity index (χ2n) is 6.18. The second kappa shape index (κ2) is 9.73. The molecule has 27 heavy (non-hydrogen) atoms. The Morgan fingerprint density at radius 2 is 1.56 bits per heavy atom. The summed E-state index contributed by atoms with van der Waals surface area (Å²) < 4.78 is 0. The molecule has 0 radical (unpaired) electrons. The van der Waals surface area contributed by atoms with Gasteiger partial charge in [0.25, 0.3) is 0 Å². The highest BCUT2D eigenvalue weighted by Gasteiger charge is 2.26. The number of carbonyl (C=O) groups is 3. The van der Waals surface area contributed by atoms with Gasteiger partial charge in [-0.1, -0.05) is 54.1 Å². The van der Waals surface area contributed by atoms with Gasteiger partial charge in [-0.05, 0) is 23.3 Å². The van der Waals surface area contributed by atoms with Gasteiger partial charge >= 0.3 is 5.97 Å². The van der Waals surface area contributed by atoms with Gasteiger partial charge in [0.2, 0.25) is 11.8 Å². The summed E-state index contributed by atoms with van der Waals surface area (Å²) in [5.41, 5.74) is 1.54. The second-order valence-corrected chi connectivity index (χ2v) is 6.61. The lowest BCUT2D eigenvalue weighted by atomic mass is 10.0. The Morgan fingerprint density at radius 1 is 0.926 bits per heavy atom. The molecule has 0 aliphatic rings. The molecule has 2 aromatic carbocycles. The highest BCUT2D eigenvalue weighted by molar-refractivity contribution is 6.30. The van der Waals surface area contributed by atoms with Crippen LogP contribution in [0.25, 0.3) is 0 Å². The van der Waals surface area contributed by atoms with Gasteiger partial charge in [0.1, 0.15) is 12.1 Å². The van der Waals surface area contributed by atoms with E-state index in [4.69, 9.17) is 11.6 Å². The zero-order valence-corrected chi connectivity index (χ0v) is 15.6. The van der Waals surface area contributed by atoms with Gasteiger partial charge < -0.3 is 15.7 Å². The highest BCUT2D eigenvalue weighted by atomic mass is 35.5. The van der Waals surface area contributed by atoms with E-state index >= 15 is 0 Å². The van der Waals surface area contributed by atoms with Crippen LogP contribution in [-0.2, 0) is 27.2 Å². The Labute approximate surface area is 162 Å². The maximum absolute atomic E-state index is 12.6. The molecule has 6 nitrogen and oxygen atoms in total. The first kappa shape index (κ1) is 20.5. The monoisotopic (exact) mass is 388 g/mol. The average Bonchev–Trinajstić information content (AvgIpc) is 2.61. The van der Waals surface area contributed by atoms with E-state index in [2.05, 4.69) is 10.6 Å². The van der Waals surface area contributed by atoms with Crippen LogP contribution >= 0.6 is 11.6 Å². The van der Waals surface area contributed by atoms with Gasteiger partial charge in [-0.15, -0.1) is 0 Å². The van der Waals surface area contributed by atoms with Crippen molar-refractivity contribution in [2.75, 3.05) is 0 Å². The van der Waals surface area contributed by atoms with Crippen LogP contribution in [0, 0.1) is 0 Å². The lowest BCUT2D eigenvalue weighted by molar-refractivity contribution is -0.142. The normalized spacial score (nSPS) is 12.7. The minimum absolute atomic E-state index is 0.0831. The summed E-state index contributed by atoms with van der Waals surface area (Å²) in [6.45, 7) is 1.31. The Bertz CT molecular complexity index is 811. The first-order chi connectivity index (χ1) is 12.8. The van der Waals surface area contributed by atoms with E-state index in [0.717, 1.165) is 5.56 Å². The fraction of sp³-hybridized carbons (Fsp3) is 0.250. The van der Waals surface area contributed by atoms with E-state index in [0.29, 0.717) is 10.6 Å². The summed E-state index contributed by atoms with van der Waals surface area (Å²) in [4.78, 5) is 35.7. The maximum atomic E-state index is 12.6. The van der Waals surface area contributed by atoms with Gasteiger partial charge in [0.15, 0.2) is 0 Å². The molecule has 0 aromatic heterocycles. The number of carboxylic acids is 1. The predicted octanol–water partition coefficient (Wildman–Crippen LogP) is 2.20. The van der Waals surface area contributed by atoms with Crippen molar-refractivity contribution in [3.63, 3.8) is 0 Å². The Balaban J connectivity index is 2.11. The Morgan fingerprint density at radius 3 is 2.15 bits per heavy atom. The number of amides is 2. The molecule has 2 rings (SSSR count). The van der Waals surface area contributed by atoms with Crippen LogP contribution in [0.1, 0.15) is 18.1 Å². The molecule has 0 bridgehead atoms. The van der Waals surface area contributed by atoms with E-state index in [9.17, 15) is 19.5 Å². The summed E-state index contributed by atoms with van der Waals surface area (Å²) in [5, 5.41) is 15.1. The molecule has 0 heterocycles. The van der Waals surface area contributed by atoms with Gasteiger partial charge in [-0.25, -0.2) is 4.79 Å². The summed E-state index contributed by atoms with van der Waals surface area (Å²) in [6.07, 6.45) is 0.343. The molecule has 142 valence electrons. The first-order valence-corrected chi connectivity index (χ1v) is 8.81. The summed E-state index contributed by atoms with van der Waals surface area (Å²) in [6, 6.07) is 14.0. The van der Waals surface area contributed by atoms with Gasteiger partial charge in [-0.2, -0.15) is 0 Å². The standard InChI is InChI=1S/C20H21ClN2O4/c1-13(24)22-17(11-14-6-3-2-4-7-14)19(25)23-18(20(26)27)12-15-8-5-9-16(21)10-15/h2-10,17-18H,11-12H2,1H3,(H,22,24)(H,23,25)(H,26,27)/t17-,18+/m0/s1.